The summed E-state index contributed by atoms with van der Waals surface area (Å²) in [5.41, 5.74) is 1.98. The van der Waals surface area contributed by atoms with Crippen LogP contribution >= 0.6 is 0 Å². The Morgan fingerprint density at radius 1 is 1.10 bits per heavy atom. The van der Waals surface area contributed by atoms with Crippen LogP contribution in [0.3, 0.4) is 0 Å². The molecule has 150 valence electrons. The molecule has 2 N–H and O–H groups in total. The second kappa shape index (κ2) is 9.71. The van der Waals surface area contributed by atoms with E-state index >= 15 is 0 Å². The van der Waals surface area contributed by atoms with E-state index in [2.05, 4.69) is 11.4 Å². The number of carbonyl (C=O) groups excluding carboxylic acids is 2. The molecule has 29 heavy (non-hydrogen) atoms. The molecular weight excluding hydrogens is 370 g/mol. The number of nitriles is 1. The van der Waals surface area contributed by atoms with E-state index in [-0.39, 0.29) is 19.1 Å². The first-order valence-corrected chi connectivity index (χ1v) is 9.49. The number of β-amino-alcohol motifs (C(OH)–C–C–N with tert-alkyl or cyclic N) is 1. The number of rotatable bonds is 9. The normalized spacial score (nSPS) is 17.0. The number of benzene rings is 2. The van der Waals surface area contributed by atoms with Gasteiger partial charge in [-0.1, -0.05) is 42.5 Å². The predicted octanol–water partition coefficient (Wildman–Crippen LogP) is 2.05. The molecule has 0 aliphatic carbocycles. The van der Waals surface area contributed by atoms with Crippen molar-refractivity contribution in [3.63, 3.8) is 0 Å². The number of hydrogen-bond acceptors (Lipinski definition) is 5. The van der Waals surface area contributed by atoms with Crippen molar-refractivity contribution < 1.29 is 19.4 Å². The summed E-state index contributed by atoms with van der Waals surface area (Å²) in [5.74, 6) is 0.217. The predicted molar refractivity (Wildman–Crippen MR) is 106 cm³/mol. The average Bonchev–Trinajstić information content (AvgIpc) is 3.00. The SMILES string of the molecule is N#CCc1ccc(OCC(O)CN2C(=O)NC(CCc3ccccc3)C2=O)cc1. The van der Waals surface area contributed by atoms with E-state index in [1.54, 1.807) is 24.3 Å². The minimum atomic E-state index is -1.00. The highest BCUT2D eigenvalue weighted by molar-refractivity contribution is 6.04. The van der Waals surface area contributed by atoms with Crippen molar-refractivity contribution in [2.45, 2.75) is 31.4 Å². The summed E-state index contributed by atoms with van der Waals surface area (Å²) < 4.78 is 5.51. The Hall–Kier alpha value is -3.37. The number of amides is 3. The van der Waals surface area contributed by atoms with Crippen molar-refractivity contribution in [3.8, 4) is 11.8 Å². The number of aryl methyl sites for hydroxylation is 1. The summed E-state index contributed by atoms with van der Waals surface area (Å²) in [7, 11) is 0. The largest absolute Gasteiger partial charge is 0.491 e. The first kappa shape index (κ1) is 20.4. The number of carbonyl (C=O) groups is 2. The summed E-state index contributed by atoms with van der Waals surface area (Å²) in [5, 5.41) is 21.6. The van der Waals surface area contributed by atoms with Crippen molar-refractivity contribution in [1.82, 2.24) is 10.2 Å². The highest BCUT2D eigenvalue weighted by atomic mass is 16.5. The minimum Gasteiger partial charge on any atom is -0.491 e. The van der Waals surface area contributed by atoms with Gasteiger partial charge in [-0.2, -0.15) is 5.26 Å². The molecule has 1 aliphatic rings. The lowest BCUT2D eigenvalue weighted by atomic mass is 10.1. The third-order valence-corrected chi connectivity index (χ3v) is 4.71. The number of ether oxygens (including phenoxy) is 1. The number of imide groups is 1. The van der Waals surface area contributed by atoms with E-state index in [0.29, 0.717) is 25.0 Å². The van der Waals surface area contributed by atoms with Gasteiger partial charge in [-0.25, -0.2) is 4.79 Å². The molecule has 2 unspecified atom stereocenters. The van der Waals surface area contributed by atoms with E-state index in [1.807, 2.05) is 30.3 Å². The van der Waals surface area contributed by atoms with Crippen molar-refractivity contribution in [1.29, 1.82) is 5.26 Å². The van der Waals surface area contributed by atoms with Crippen molar-refractivity contribution in [3.05, 3.63) is 65.7 Å². The standard InChI is InChI=1S/C22H23N3O4/c23-13-12-17-6-9-19(10-7-17)29-15-18(26)14-25-21(27)20(24-22(25)28)11-8-16-4-2-1-3-5-16/h1-7,9-10,18,20,26H,8,11-12,14-15H2,(H,24,28). The van der Waals surface area contributed by atoms with Crippen LogP contribution in [0.2, 0.25) is 0 Å². The Labute approximate surface area is 169 Å². The molecule has 0 spiro atoms. The van der Waals surface area contributed by atoms with E-state index in [0.717, 1.165) is 16.0 Å². The molecule has 1 aliphatic heterocycles. The summed E-state index contributed by atoms with van der Waals surface area (Å²) in [4.78, 5) is 25.7. The zero-order valence-electron chi connectivity index (χ0n) is 16.0. The Bertz CT molecular complexity index is 877. The van der Waals surface area contributed by atoms with Gasteiger partial charge >= 0.3 is 6.03 Å². The third-order valence-electron chi connectivity index (χ3n) is 4.71. The summed E-state index contributed by atoms with van der Waals surface area (Å²) in [6, 6.07) is 17.7. The van der Waals surface area contributed by atoms with E-state index in [4.69, 9.17) is 10.00 Å². The third kappa shape index (κ3) is 5.56. The van der Waals surface area contributed by atoms with Crippen LogP contribution in [0.5, 0.6) is 5.75 Å². The fourth-order valence-corrected chi connectivity index (χ4v) is 3.15. The smallest absolute Gasteiger partial charge is 0.324 e. The lowest BCUT2D eigenvalue weighted by molar-refractivity contribution is -0.128. The van der Waals surface area contributed by atoms with Crippen LogP contribution in [-0.4, -0.2) is 47.2 Å². The van der Waals surface area contributed by atoms with Crippen molar-refractivity contribution in [2.24, 2.45) is 0 Å². The Morgan fingerprint density at radius 2 is 1.83 bits per heavy atom. The highest BCUT2D eigenvalue weighted by Gasteiger charge is 2.38. The molecule has 3 amide bonds. The quantitative estimate of drug-likeness (QED) is 0.635. The maximum atomic E-state index is 12.5. The Kier molecular flexibility index (Phi) is 6.82. The fourth-order valence-electron chi connectivity index (χ4n) is 3.15. The Balaban J connectivity index is 1.46. The molecule has 1 fully saturated rings. The van der Waals surface area contributed by atoms with E-state index < -0.39 is 18.2 Å². The van der Waals surface area contributed by atoms with Crippen LogP contribution in [0.4, 0.5) is 4.79 Å². The van der Waals surface area contributed by atoms with Gasteiger partial charge in [0.15, 0.2) is 0 Å². The number of urea groups is 1. The van der Waals surface area contributed by atoms with Gasteiger partial charge in [0.2, 0.25) is 0 Å². The van der Waals surface area contributed by atoms with Gasteiger partial charge in [0.1, 0.15) is 24.5 Å². The highest BCUT2D eigenvalue weighted by Crippen LogP contribution is 2.15. The van der Waals surface area contributed by atoms with Gasteiger partial charge in [0, 0.05) is 0 Å². The van der Waals surface area contributed by atoms with E-state index in [1.165, 1.54) is 0 Å². The van der Waals surface area contributed by atoms with Crippen molar-refractivity contribution >= 4 is 11.9 Å². The molecular formula is C22H23N3O4. The molecule has 7 nitrogen and oxygen atoms in total. The molecule has 0 aromatic heterocycles. The zero-order chi connectivity index (χ0) is 20.6. The molecule has 0 bridgehead atoms. The van der Waals surface area contributed by atoms with Gasteiger partial charge in [-0.05, 0) is 36.1 Å². The number of hydrogen-bond donors (Lipinski definition) is 2. The first-order valence-electron chi connectivity index (χ1n) is 9.49. The second-order valence-corrected chi connectivity index (χ2v) is 6.92. The van der Waals surface area contributed by atoms with Crippen LogP contribution < -0.4 is 10.1 Å². The topological polar surface area (TPSA) is 103 Å². The minimum absolute atomic E-state index is 0.0522. The van der Waals surface area contributed by atoms with Gasteiger partial charge < -0.3 is 15.2 Å². The maximum Gasteiger partial charge on any atom is 0.324 e. The van der Waals surface area contributed by atoms with E-state index in [9.17, 15) is 14.7 Å². The van der Waals surface area contributed by atoms with Crippen LogP contribution in [0.1, 0.15) is 17.5 Å². The van der Waals surface area contributed by atoms with Crippen LogP contribution in [0, 0.1) is 11.3 Å². The molecule has 0 saturated carbocycles. The monoisotopic (exact) mass is 393 g/mol. The summed E-state index contributed by atoms with van der Waals surface area (Å²) in [6.07, 6.45) is 0.503. The number of nitrogens with one attached hydrogen (secondary N) is 1. The first-order chi connectivity index (χ1) is 14.1. The van der Waals surface area contributed by atoms with Crippen LogP contribution in [0.25, 0.3) is 0 Å². The molecule has 0 radical (unpaired) electrons. The molecule has 2 aromatic carbocycles. The average molecular weight is 393 g/mol. The van der Waals surface area contributed by atoms with Crippen LogP contribution in [-0.2, 0) is 17.6 Å². The lowest BCUT2D eigenvalue weighted by Gasteiger charge is -2.18. The number of aliphatic hydroxyl groups excluding tert-OH is 1. The Morgan fingerprint density at radius 3 is 2.52 bits per heavy atom. The molecule has 3 rings (SSSR count). The molecule has 1 heterocycles. The number of aliphatic hydroxyl groups is 1. The molecule has 7 heteroatoms. The number of nitrogens with zero attached hydrogens (tertiary/aromatic N) is 2. The fraction of sp³-hybridized carbons (Fsp3) is 0.318. The van der Waals surface area contributed by atoms with Crippen molar-refractivity contribution in [2.75, 3.05) is 13.2 Å². The zero-order valence-corrected chi connectivity index (χ0v) is 16.0. The lowest BCUT2D eigenvalue weighted by Crippen LogP contribution is -2.40. The van der Waals surface area contributed by atoms with Gasteiger partial charge in [0.05, 0.1) is 19.0 Å². The van der Waals surface area contributed by atoms with Crippen LogP contribution in [0.15, 0.2) is 54.6 Å². The summed E-state index contributed by atoms with van der Waals surface area (Å²) >= 11 is 0. The van der Waals surface area contributed by atoms with Gasteiger partial charge in [-0.3, -0.25) is 9.69 Å². The second-order valence-electron chi connectivity index (χ2n) is 6.92. The molecule has 2 aromatic rings. The molecule has 1 saturated heterocycles. The molecule has 2 atom stereocenters. The summed E-state index contributed by atoms with van der Waals surface area (Å²) in [6.45, 7) is -0.178. The van der Waals surface area contributed by atoms with Gasteiger partial charge in [0.25, 0.3) is 5.91 Å². The van der Waals surface area contributed by atoms with Gasteiger partial charge in [-0.15, -0.1) is 0 Å². The maximum absolute atomic E-state index is 12.5.